The Morgan fingerprint density at radius 2 is 2.62 bits per heavy atom. The van der Waals surface area contributed by atoms with Gasteiger partial charge in [0.15, 0.2) is 0 Å². The lowest BCUT2D eigenvalue weighted by atomic mass is 10.7. The third-order valence-electron chi connectivity index (χ3n) is 0.631. The Morgan fingerprint density at radius 3 is 2.75 bits per heavy atom. The Balaban J connectivity index is 4.25. The molecule has 0 rings (SSSR count). The van der Waals surface area contributed by atoms with E-state index in [1.807, 2.05) is 0 Å². The molecule has 0 radical (unpaired) electrons. The van der Waals surface area contributed by atoms with E-state index in [9.17, 15) is 4.79 Å². The van der Waals surface area contributed by atoms with Crippen molar-refractivity contribution in [3.8, 4) is 0 Å². The van der Waals surface area contributed by atoms with Crippen LogP contribution in [0.2, 0.25) is 0 Å². The number of aliphatic carboxylic acids is 1. The van der Waals surface area contributed by atoms with Gasteiger partial charge in [-0.1, -0.05) is 13.3 Å². The van der Waals surface area contributed by atoms with Crippen LogP contribution in [-0.2, 0) is 4.79 Å². The number of hydrogen-bond acceptors (Lipinski definition) is 2. The van der Waals surface area contributed by atoms with Gasteiger partial charge in [0.25, 0.3) is 0 Å². The molecule has 0 aliphatic heterocycles. The molecular weight excluding hydrogens is 110 g/mol. The summed E-state index contributed by atoms with van der Waals surface area (Å²) >= 11 is 0. The molecule has 0 saturated carbocycles. The lowest BCUT2D eigenvalue weighted by Crippen LogP contribution is -2.29. The fourth-order valence-corrected chi connectivity index (χ4v) is 0.251. The van der Waals surface area contributed by atoms with E-state index in [1.54, 1.807) is 0 Å². The van der Waals surface area contributed by atoms with Crippen molar-refractivity contribution in [1.82, 2.24) is 0 Å². The molecule has 0 aromatic rings. The summed E-state index contributed by atoms with van der Waals surface area (Å²) in [6.45, 7) is 1.13. The van der Waals surface area contributed by atoms with Crippen LogP contribution in [0.15, 0.2) is 0 Å². The molecule has 48 valence electrons. The standard InChI is InChI=1S/C5H11NO2/c1-2-3-4(6)5(7)8/h4H,2-3,6H2,1H3,(H,7,8)/t4-/m0/s1/i2+0D2,3+1D,4+1,5+1,6+1/t3-,4+/m1. The van der Waals surface area contributed by atoms with Crippen LogP contribution in [0.25, 0.3) is 0 Å². The lowest BCUT2D eigenvalue weighted by Gasteiger charge is -2.00. The molecule has 0 fully saturated rings. The van der Waals surface area contributed by atoms with E-state index in [0.29, 0.717) is 0 Å². The zero-order valence-corrected chi connectivity index (χ0v) is 4.59. The molecule has 8 heavy (non-hydrogen) atoms. The number of hydrogen-bond donors (Lipinski definition) is 2. The highest BCUT2D eigenvalue weighted by Crippen LogP contribution is 1.91. The molecule has 0 spiro atoms. The number of carbonyl (C=O) groups is 1. The van der Waals surface area contributed by atoms with Crippen molar-refractivity contribution in [2.75, 3.05) is 0 Å². The summed E-state index contributed by atoms with van der Waals surface area (Å²) in [5, 5.41) is 8.30. The monoisotopic (exact) mass is 124 g/mol. The van der Waals surface area contributed by atoms with Crippen molar-refractivity contribution >= 4 is 5.97 Å². The summed E-state index contributed by atoms with van der Waals surface area (Å²) in [6, 6.07) is -1.46. The van der Waals surface area contributed by atoms with E-state index in [2.05, 4.69) is 0 Å². The summed E-state index contributed by atoms with van der Waals surface area (Å²) in [7, 11) is 0. The number of nitrogens with two attached hydrogens (primary N) is 1. The van der Waals surface area contributed by atoms with Crippen molar-refractivity contribution in [1.29, 1.82) is 0 Å². The van der Waals surface area contributed by atoms with Crippen LogP contribution < -0.4 is 5.73 Å². The average molecular weight is 124 g/mol. The maximum absolute atomic E-state index is 10.2. The van der Waals surface area contributed by atoms with Gasteiger partial charge < -0.3 is 10.8 Å². The first-order valence-electron chi connectivity index (χ1n) is 3.75. The molecule has 0 aromatic carbocycles. The number of carboxylic acid groups (broad SMARTS) is 1. The van der Waals surface area contributed by atoms with Crippen LogP contribution >= 0.6 is 0 Å². The summed E-state index contributed by atoms with van der Waals surface area (Å²) in [4.78, 5) is 10.2. The second-order valence-electron chi connectivity index (χ2n) is 1.32. The normalized spacial score (nSPS) is 24.5. The smallest absolute Gasteiger partial charge is 0.320 e. The van der Waals surface area contributed by atoms with E-state index < -0.39 is 24.8 Å². The summed E-state index contributed by atoms with van der Waals surface area (Å²) in [6.07, 6.45) is -3.31. The van der Waals surface area contributed by atoms with Gasteiger partial charge in [0.05, 0.1) is 0 Å². The van der Waals surface area contributed by atoms with Crippen molar-refractivity contribution in [2.24, 2.45) is 5.73 Å². The topological polar surface area (TPSA) is 63.3 Å². The van der Waals surface area contributed by atoms with Gasteiger partial charge >= 0.3 is 5.97 Å². The zero-order chi connectivity index (χ0) is 9.23. The molecule has 0 aromatic heterocycles. The second kappa shape index (κ2) is 3.43. The maximum atomic E-state index is 10.2. The van der Waals surface area contributed by atoms with Crippen LogP contribution in [0.1, 0.15) is 23.8 Å². The Hall–Kier alpha value is -0.570. The fraction of sp³-hybridized carbons (Fsp3) is 0.800. The Bertz CT molecular complexity index is 156. The van der Waals surface area contributed by atoms with E-state index in [0.717, 1.165) is 6.92 Å². The first kappa shape index (κ1) is 3.45. The molecule has 3 nitrogen and oxygen atoms in total. The lowest BCUT2D eigenvalue weighted by molar-refractivity contribution is -0.138. The van der Waals surface area contributed by atoms with Gasteiger partial charge in [-0.15, -0.1) is 0 Å². The zero-order valence-electron chi connectivity index (χ0n) is 7.59. The molecule has 3 heteroatoms. The van der Waals surface area contributed by atoms with Crippen molar-refractivity contribution in [2.45, 2.75) is 25.7 Å². The van der Waals surface area contributed by atoms with E-state index in [4.69, 9.17) is 15.0 Å². The van der Waals surface area contributed by atoms with Crippen LogP contribution in [-0.4, -0.2) is 17.1 Å². The summed E-state index contributed by atoms with van der Waals surface area (Å²) < 4.78 is 21.1. The van der Waals surface area contributed by atoms with Gasteiger partial charge in [-0.3, -0.25) is 4.79 Å². The van der Waals surface area contributed by atoms with Gasteiger partial charge in [0.2, 0.25) is 0 Å². The molecule has 0 bridgehead atoms. The van der Waals surface area contributed by atoms with Crippen LogP contribution in [0, 0.1) is 0 Å². The highest BCUT2D eigenvalue weighted by Gasteiger charge is 2.07. The fourth-order valence-electron chi connectivity index (χ4n) is 0.251. The van der Waals surface area contributed by atoms with Gasteiger partial charge in [-0.05, 0) is 6.40 Å². The largest absolute Gasteiger partial charge is 0.480 e. The van der Waals surface area contributed by atoms with Crippen molar-refractivity contribution in [3.63, 3.8) is 0 Å². The third kappa shape index (κ3) is 2.58. The summed E-state index contributed by atoms with van der Waals surface area (Å²) in [5.74, 6) is -1.35. The van der Waals surface area contributed by atoms with Gasteiger partial charge in [-0.2, -0.15) is 0 Å². The van der Waals surface area contributed by atoms with E-state index in [1.165, 1.54) is 0 Å². The molecule has 0 heterocycles. The number of carboxylic acids is 1. The number of rotatable bonds is 3. The Labute approximate surface area is 52.7 Å². The Kier molecular flexibility index (Phi) is 1.48. The van der Waals surface area contributed by atoms with Crippen LogP contribution in [0.3, 0.4) is 0 Å². The highest BCUT2D eigenvalue weighted by molar-refractivity contribution is 5.72. The van der Waals surface area contributed by atoms with E-state index >= 15 is 0 Å². The molecule has 0 aliphatic rings. The van der Waals surface area contributed by atoms with Crippen LogP contribution in [0.4, 0.5) is 0 Å². The van der Waals surface area contributed by atoms with Gasteiger partial charge in [0.1, 0.15) is 6.04 Å². The molecule has 0 saturated heterocycles. The average Bonchev–Trinajstić information content (AvgIpc) is 1.82. The molecule has 0 aliphatic carbocycles. The molecule has 0 unspecified atom stereocenters. The first-order chi connectivity index (χ1) is 4.76. The Morgan fingerprint density at radius 1 is 2.12 bits per heavy atom. The minimum Gasteiger partial charge on any atom is -0.480 e. The summed E-state index contributed by atoms with van der Waals surface area (Å²) in [5.41, 5.74) is 5.02. The quantitative estimate of drug-likeness (QED) is 0.417. The minimum absolute atomic E-state index is 1.13. The van der Waals surface area contributed by atoms with E-state index in [-0.39, 0.29) is 0 Å². The first-order valence-corrected chi connectivity index (χ1v) is 2.17. The van der Waals surface area contributed by atoms with Gasteiger partial charge in [-0.25, -0.2) is 0 Å². The molecule has 3 N–H and O–H groups in total. The second-order valence-corrected chi connectivity index (χ2v) is 1.32. The molecule has 2 atom stereocenters. The van der Waals surface area contributed by atoms with Crippen molar-refractivity contribution in [3.05, 3.63) is 0 Å². The predicted octanol–water partition coefficient (Wildman–Crippen LogP) is 0.198. The molecular formula is C5H11NO2. The van der Waals surface area contributed by atoms with Gasteiger partial charge in [0, 0.05) is 4.11 Å². The molecule has 0 amide bonds. The third-order valence-corrected chi connectivity index (χ3v) is 0.631. The maximum Gasteiger partial charge on any atom is 0.320 e. The minimum atomic E-state index is -1.88. The highest BCUT2D eigenvalue weighted by atomic mass is 16.5. The SMILES string of the molecule is [2H][13C@@H]([13C@H]([15NH2])[13C](=O)O)[12C]([2H])([2H])C. The predicted molar refractivity (Wildman–Crippen MR) is 30.5 cm³/mol. The van der Waals surface area contributed by atoms with Crippen molar-refractivity contribution < 1.29 is 14.0 Å². The van der Waals surface area contributed by atoms with Crippen LogP contribution in [0.5, 0.6) is 0 Å².